The molecule has 1 aromatic carbocycles. The van der Waals surface area contributed by atoms with E-state index in [4.69, 9.17) is 10.8 Å². The van der Waals surface area contributed by atoms with Crippen molar-refractivity contribution < 1.29 is 15.0 Å². The average Bonchev–Trinajstić information content (AvgIpc) is 2.49. The lowest BCUT2D eigenvalue weighted by atomic mass is 9.90. The Hall–Kier alpha value is -1.59. The predicted molar refractivity (Wildman–Crippen MR) is 76.2 cm³/mol. The predicted octanol–water partition coefficient (Wildman–Crippen LogP) is 0.493. The van der Waals surface area contributed by atoms with Gasteiger partial charge in [0.15, 0.2) is 0 Å². The molecule has 1 fully saturated rings. The van der Waals surface area contributed by atoms with E-state index < -0.39 is 6.04 Å². The molecule has 2 rings (SSSR count). The standard InChI is InChI=1S/C15H22N2O3/c16-14(10-18)15(20)17-7-5-12(6-8-17)9-11-1-3-13(19)4-2-11/h1-4,12,14,18-19H,5-10,16H2/t14-/m1/s1. The smallest absolute Gasteiger partial charge is 0.241 e. The minimum absolute atomic E-state index is 0.157. The molecule has 1 amide bonds. The summed E-state index contributed by atoms with van der Waals surface area (Å²) in [6.07, 6.45) is 2.86. The third kappa shape index (κ3) is 3.71. The van der Waals surface area contributed by atoms with Crippen LogP contribution in [0, 0.1) is 5.92 Å². The first-order valence-electron chi connectivity index (χ1n) is 7.03. The van der Waals surface area contributed by atoms with Gasteiger partial charge in [0.25, 0.3) is 0 Å². The van der Waals surface area contributed by atoms with Gasteiger partial charge in [0.1, 0.15) is 11.8 Å². The van der Waals surface area contributed by atoms with Crippen LogP contribution in [0.3, 0.4) is 0 Å². The van der Waals surface area contributed by atoms with Crippen LogP contribution in [0.5, 0.6) is 5.75 Å². The van der Waals surface area contributed by atoms with Crippen molar-refractivity contribution in [3.63, 3.8) is 0 Å². The lowest BCUT2D eigenvalue weighted by Crippen LogP contribution is -2.48. The zero-order chi connectivity index (χ0) is 14.5. The van der Waals surface area contributed by atoms with E-state index in [0.29, 0.717) is 19.0 Å². The maximum Gasteiger partial charge on any atom is 0.241 e. The molecular weight excluding hydrogens is 256 g/mol. The fourth-order valence-electron chi connectivity index (χ4n) is 2.64. The van der Waals surface area contributed by atoms with Gasteiger partial charge in [-0.15, -0.1) is 0 Å². The Labute approximate surface area is 119 Å². The van der Waals surface area contributed by atoms with E-state index >= 15 is 0 Å². The van der Waals surface area contributed by atoms with Gasteiger partial charge in [0, 0.05) is 13.1 Å². The van der Waals surface area contributed by atoms with Crippen molar-refractivity contribution in [1.29, 1.82) is 0 Å². The second-order valence-corrected chi connectivity index (χ2v) is 5.43. The summed E-state index contributed by atoms with van der Waals surface area (Å²) < 4.78 is 0. The van der Waals surface area contributed by atoms with Crippen molar-refractivity contribution in [3.8, 4) is 5.75 Å². The van der Waals surface area contributed by atoms with Crippen LogP contribution in [0.2, 0.25) is 0 Å². The van der Waals surface area contributed by atoms with Gasteiger partial charge in [-0.25, -0.2) is 0 Å². The summed E-state index contributed by atoms with van der Waals surface area (Å²) in [6, 6.07) is 6.50. The minimum atomic E-state index is -0.788. The largest absolute Gasteiger partial charge is 0.508 e. The number of hydrogen-bond donors (Lipinski definition) is 3. The summed E-state index contributed by atoms with van der Waals surface area (Å²) in [4.78, 5) is 13.6. The lowest BCUT2D eigenvalue weighted by Gasteiger charge is -2.33. The molecule has 5 nitrogen and oxygen atoms in total. The van der Waals surface area contributed by atoms with Crippen LogP contribution in [0.25, 0.3) is 0 Å². The Kier molecular flexibility index (Phi) is 4.98. The number of phenols is 1. The number of aliphatic hydroxyl groups excluding tert-OH is 1. The van der Waals surface area contributed by atoms with E-state index in [-0.39, 0.29) is 18.3 Å². The number of aromatic hydroxyl groups is 1. The van der Waals surface area contributed by atoms with Crippen LogP contribution in [-0.2, 0) is 11.2 Å². The van der Waals surface area contributed by atoms with Crippen molar-refractivity contribution >= 4 is 5.91 Å². The van der Waals surface area contributed by atoms with Crippen molar-refractivity contribution in [2.24, 2.45) is 11.7 Å². The van der Waals surface area contributed by atoms with Gasteiger partial charge < -0.3 is 20.8 Å². The number of phenolic OH excluding ortho intramolecular Hbond substituents is 1. The minimum Gasteiger partial charge on any atom is -0.508 e. The Bertz CT molecular complexity index is 439. The summed E-state index contributed by atoms with van der Waals surface area (Å²) in [5, 5.41) is 18.2. The van der Waals surface area contributed by atoms with Crippen molar-refractivity contribution in [3.05, 3.63) is 29.8 Å². The van der Waals surface area contributed by atoms with E-state index in [2.05, 4.69) is 0 Å². The first kappa shape index (κ1) is 14.8. The number of nitrogens with two attached hydrogens (primary N) is 1. The number of benzene rings is 1. The monoisotopic (exact) mass is 278 g/mol. The number of carbonyl (C=O) groups is 1. The molecule has 5 heteroatoms. The first-order chi connectivity index (χ1) is 9.60. The molecule has 1 atom stereocenters. The topological polar surface area (TPSA) is 86.8 Å². The fourth-order valence-corrected chi connectivity index (χ4v) is 2.64. The fraction of sp³-hybridized carbons (Fsp3) is 0.533. The number of rotatable bonds is 4. The van der Waals surface area contributed by atoms with Crippen LogP contribution in [-0.4, -0.2) is 46.8 Å². The molecule has 1 heterocycles. The van der Waals surface area contributed by atoms with Crippen molar-refractivity contribution in [2.45, 2.75) is 25.3 Å². The van der Waals surface area contributed by atoms with E-state index in [1.54, 1.807) is 17.0 Å². The molecule has 0 bridgehead atoms. The highest BCUT2D eigenvalue weighted by atomic mass is 16.3. The maximum absolute atomic E-state index is 11.8. The molecule has 0 aliphatic carbocycles. The molecule has 1 aliphatic heterocycles. The van der Waals surface area contributed by atoms with Gasteiger partial charge >= 0.3 is 0 Å². The Morgan fingerprint density at radius 1 is 1.30 bits per heavy atom. The molecule has 0 aromatic heterocycles. The van der Waals surface area contributed by atoms with Gasteiger partial charge in [-0.3, -0.25) is 4.79 Å². The molecule has 0 radical (unpaired) electrons. The number of likely N-dealkylation sites (tertiary alicyclic amines) is 1. The number of carbonyl (C=O) groups excluding carboxylic acids is 1. The second-order valence-electron chi connectivity index (χ2n) is 5.43. The lowest BCUT2D eigenvalue weighted by molar-refractivity contribution is -0.134. The van der Waals surface area contributed by atoms with Crippen LogP contribution in [0.15, 0.2) is 24.3 Å². The van der Waals surface area contributed by atoms with E-state index in [9.17, 15) is 9.90 Å². The van der Waals surface area contributed by atoms with Gasteiger partial charge in [-0.2, -0.15) is 0 Å². The van der Waals surface area contributed by atoms with E-state index in [0.717, 1.165) is 19.3 Å². The molecule has 0 spiro atoms. The molecule has 20 heavy (non-hydrogen) atoms. The van der Waals surface area contributed by atoms with E-state index in [1.807, 2.05) is 12.1 Å². The average molecular weight is 278 g/mol. The van der Waals surface area contributed by atoms with Gasteiger partial charge in [-0.1, -0.05) is 12.1 Å². The highest BCUT2D eigenvalue weighted by Crippen LogP contribution is 2.23. The number of piperidine rings is 1. The van der Waals surface area contributed by atoms with E-state index in [1.165, 1.54) is 5.56 Å². The van der Waals surface area contributed by atoms with Gasteiger partial charge in [0.2, 0.25) is 5.91 Å². The molecule has 1 saturated heterocycles. The highest BCUT2D eigenvalue weighted by molar-refractivity contribution is 5.81. The van der Waals surface area contributed by atoms with Crippen molar-refractivity contribution in [1.82, 2.24) is 4.90 Å². The number of nitrogens with zero attached hydrogens (tertiary/aromatic N) is 1. The maximum atomic E-state index is 11.8. The highest BCUT2D eigenvalue weighted by Gasteiger charge is 2.25. The molecule has 110 valence electrons. The Morgan fingerprint density at radius 2 is 1.90 bits per heavy atom. The zero-order valence-corrected chi connectivity index (χ0v) is 11.5. The number of amides is 1. The molecule has 0 unspecified atom stereocenters. The molecule has 0 saturated carbocycles. The summed E-state index contributed by atoms with van der Waals surface area (Å²) in [6.45, 7) is 1.11. The SMILES string of the molecule is N[C@H](CO)C(=O)N1CCC(Cc2ccc(O)cc2)CC1. The van der Waals surface area contributed by atoms with Gasteiger partial charge in [0.05, 0.1) is 6.61 Å². The van der Waals surface area contributed by atoms with Gasteiger partial charge in [-0.05, 0) is 42.9 Å². The third-order valence-electron chi connectivity index (χ3n) is 3.90. The summed E-state index contributed by atoms with van der Waals surface area (Å²) >= 11 is 0. The normalized spacial score (nSPS) is 18.0. The Balaban J connectivity index is 1.82. The molecule has 1 aromatic rings. The first-order valence-corrected chi connectivity index (χ1v) is 7.03. The third-order valence-corrected chi connectivity index (χ3v) is 3.90. The van der Waals surface area contributed by atoms with Crippen LogP contribution in [0.4, 0.5) is 0 Å². The molecular formula is C15H22N2O3. The summed E-state index contributed by atoms with van der Waals surface area (Å²) in [5.41, 5.74) is 6.76. The Morgan fingerprint density at radius 3 is 2.45 bits per heavy atom. The molecule has 4 N–H and O–H groups in total. The summed E-state index contributed by atoms with van der Waals surface area (Å²) in [5.74, 6) is 0.677. The second kappa shape index (κ2) is 6.72. The van der Waals surface area contributed by atoms with Crippen LogP contribution >= 0.6 is 0 Å². The van der Waals surface area contributed by atoms with Crippen molar-refractivity contribution in [2.75, 3.05) is 19.7 Å². The van der Waals surface area contributed by atoms with Crippen LogP contribution < -0.4 is 5.73 Å². The number of hydrogen-bond acceptors (Lipinski definition) is 4. The number of aliphatic hydroxyl groups is 1. The quantitative estimate of drug-likeness (QED) is 0.748. The zero-order valence-electron chi connectivity index (χ0n) is 11.5. The summed E-state index contributed by atoms with van der Waals surface area (Å²) in [7, 11) is 0. The molecule has 1 aliphatic rings. The van der Waals surface area contributed by atoms with Crippen LogP contribution in [0.1, 0.15) is 18.4 Å².